The summed E-state index contributed by atoms with van der Waals surface area (Å²) < 4.78 is 6.37. The summed E-state index contributed by atoms with van der Waals surface area (Å²) in [5.74, 6) is 0. The second-order valence-electron chi connectivity index (χ2n) is 8.53. The van der Waals surface area contributed by atoms with Gasteiger partial charge in [-0.3, -0.25) is 4.98 Å². The lowest BCUT2D eigenvalue weighted by Crippen LogP contribution is -2.37. The van der Waals surface area contributed by atoms with Gasteiger partial charge in [-0.2, -0.15) is 0 Å². The molecule has 2 atom stereocenters. The zero-order valence-electron chi connectivity index (χ0n) is 17.1. The highest BCUT2D eigenvalue weighted by Crippen LogP contribution is 2.33. The molecule has 0 radical (unpaired) electrons. The predicted molar refractivity (Wildman–Crippen MR) is 111 cm³/mol. The second kappa shape index (κ2) is 8.01. The molecule has 2 nitrogen and oxygen atoms in total. The molecule has 0 aliphatic heterocycles. The Bertz CT molecular complexity index is 647. The first-order valence-corrected chi connectivity index (χ1v) is 12.7. The molecule has 2 unspecified atom stereocenters. The molecule has 1 aromatic rings. The molecule has 0 fully saturated rings. The largest absolute Gasteiger partial charge is 0.414 e. The van der Waals surface area contributed by atoms with Crippen LogP contribution in [-0.4, -0.2) is 19.4 Å². The maximum absolute atomic E-state index is 6.37. The summed E-state index contributed by atoms with van der Waals surface area (Å²) in [4.78, 5) is 4.83. The van der Waals surface area contributed by atoms with E-state index in [0.717, 1.165) is 19.3 Å². The van der Waals surface area contributed by atoms with Crippen LogP contribution in [0, 0.1) is 5.41 Å². The van der Waals surface area contributed by atoms with Crippen LogP contribution in [0.2, 0.25) is 18.6 Å². The average molecular weight is 358 g/mol. The molecule has 2 rings (SSSR count). The lowest BCUT2D eigenvalue weighted by Gasteiger charge is -2.31. The molecule has 0 saturated carbocycles. The van der Waals surface area contributed by atoms with Crippen LogP contribution in [0.5, 0.6) is 0 Å². The van der Waals surface area contributed by atoms with E-state index in [4.69, 9.17) is 9.41 Å². The Labute approximate surface area is 155 Å². The van der Waals surface area contributed by atoms with Gasteiger partial charge in [0.05, 0.1) is 0 Å². The normalized spacial score (nSPS) is 21.8. The van der Waals surface area contributed by atoms with Crippen molar-refractivity contribution in [3.63, 3.8) is 0 Å². The van der Waals surface area contributed by atoms with Gasteiger partial charge in [-0.05, 0) is 50.0 Å². The third-order valence-corrected chi connectivity index (χ3v) is 9.27. The molecule has 138 valence electrons. The Kier molecular flexibility index (Phi) is 6.44. The monoisotopic (exact) mass is 357 g/mol. The van der Waals surface area contributed by atoms with Crippen molar-refractivity contribution < 1.29 is 4.43 Å². The Morgan fingerprint density at radius 1 is 1.28 bits per heavy atom. The van der Waals surface area contributed by atoms with Gasteiger partial charge in [-0.25, -0.2) is 0 Å². The maximum atomic E-state index is 6.37. The van der Waals surface area contributed by atoms with Crippen molar-refractivity contribution in [1.82, 2.24) is 4.98 Å². The highest BCUT2D eigenvalue weighted by molar-refractivity contribution is 6.72. The first-order valence-electron chi connectivity index (χ1n) is 9.69. The number of nitrogens with zero attached hydrogens (tertiary/aromatic N) is 1. The average Bonchev–Trinajstić information content (AvgIpc) is 2.53. The summed E-state index contributed by atoms with van der Waals surface area (Å²) in [5.41, 5.74) is 4.38. The summed E-state index contributed by atoms with van der Waals surface area (Å²) >= 11 is 0. The molecule has 3 heteroatoms. The fourth-order valence-corrected chi connectivity index (χ4v) is 4.50. The number of aromatic nitrogens is 1. The molecule has 1 aliphatic rings. The van der Waals surface area contributed by atoms with Gasteiger partial charge in [0.25, 0.3) is 0 Å². The molecule has 1 heterocycles. The van der Waals surface area contributed by atoms with Gasteiger partial charge in [0.1, 0.15) is 0 Å². The quantitative estimate of drug-likeness (QED) is 0.429. The fraction of sp³-hybridized carbons (Fsp3) is 0.591. The SMILES string of the molecule is CCc1ccc2c(n1)CC(C)(C=CCC(C)O[Si](C)(C)C(C)C)C=C2. The summed E-state index contributed by atoms with van der Waals surface area (Å²) in [5, 5.41) is 0. The third kappa shape index (κ3) is 5.39. The maximum Gasteiger partial charge on any atom is 0.189 e. The minimum Gasteiger partial charge on any atom is -0.414 e. The number of hydrogen-bond donors (Lipinski definition) is 0. The lowest BCUT2D eigenvalue weighted by atomic mass is 9.79. The number of hydrogen-bond acceptors (Lipinski definition) is 2. The van der Waals surface area contributed by atoms with E-state index in [1.807, 2.05) is 0 Å². The van der Waals surface area contributed by atoms with Crippen LogP contribution in [0.1, 0.15) is 58.0 Å². The molecule has 0 spiro atoms. The zero-order valence-corrected chi connectivity index (χ0v) is 18.1. The molecule has 0 bridgehead atoms. The van der Waals surface area contributed by atoms with Crippen molar-refractivity contribution >= 4 is 14.4 Å². The number of fused-ring (bicyclic) bond motifs is 1. The van der Waals surface area contributed by atoms with E-state index in [2.05, 4.69) is 84.1 Å². The first-order chi connectivity index (χ1) is 11.6. The van der Waals surface area contributed by atoms with Crippen molar-refractivity contribution in [2.75, 3.05) is 0 Å². The number of aryl methyl sites for hydroxylation is 1. The molecular formula is C22H35NOSi. The summed E-state index contributed by atoms with van der Waals surface area (Å²) in [7, 11) is -1.57. The van der Waals surface area contributed by atoms with E-state index >= 15 is 0 Å². The van der Waals surface area contributed by atoms with Crippen molar-refractivity contribution in [3.8, 4) is 0 Å². The molecule has 0 N–H and O–H groups in total. The molecule has 1 aliphatic carbocycles. The van der Waals surface area contributed by atoms with E-state index in [1.54, 1.807) is 0 Å². The van der Waals surface area contributed by atoms with Crippen LogP contribution in [0.25, 0.3) is 6.08 Å². The topological polar surface area (TPSA) is 22.1 Å². The predicted octanol–water partition coefficient (Wildman–Crippen LogP) is 6.19. The molecule has 0 aromatic carbocycles. The highest BCUT2D eigenvalue weighted by atomic mass is 28.4. The molecule has 0 amide bonds. The number of pyridine rings is 1. The lowest BCUT2D eigenvalue weighted by molar-refractivity contribution is 0.210. The van der Waals surface area contributed by atoms with E-state index in [9.17, 15) is 0 Å². The van der Waals surface area contributed by atoms with Crippen LogP contribution in [0.15, 0.2) is 30.4 Å². The molecule has 0 saturated heterocycles. The Hall–Kier alpha value is -1.19. The smallest absolute Gasteiger partial charge is 0.189 e. The standard InChI is InChI=1S/C22H35NOSi/c1-8-20-12-11-19-13-15-22(5,16-21(19)23-20)14-9-10-18(4)24-25(6,7)17(2)3/h9,11-15,17-18H,8,10,16H2,1-7H3. The van der Waals surface area contributed by atoms with Crippen molar-refractivity contribution in [2.45, 2.75) is 78.6 Å². The van der Waals surface area contributed by atoms with Crippen LogP contribution < -0.4 is 0 Å². The van der Waals surface area contributed by atoms with Gasteiger partial charge < -0.3 is 4.43 Å². The van der Waals surface area contributed by atoms with Crippen LogP contribution >= 0.6 is 0 Å². The number of allylic oxidation sites excluding steroid dienone is 2. The Morgan fingerprint density at radius 3 is 2.64 bits per heavy atom. The zero-order chi connectivity index (χ0) is 18.7. The fourth-order valence-electron chi connectivity index (χ4n) is 3.09. The van der Waals surface area contributed by atoms with Crippen molar-refractivity contribution in [3.05, 3.63) is 47.3 Å². The van der Waals surface area contributed by atoms with Crippen molar-refractivity contribution in [1.29, 1.82) is 0 Å². The van der Waals surface area contributed by atoms with Gasteiger partial charge in [0.15, 0.2) is 8.32 Å². The minimum atomic E-state index is -1.57. The van der Waals surface area contributed by atoms with Crippen LogP contribution in [0.4, 0.5) is 0 Å². The molecule has 25 heavy (non-hydrogen) atoms. The molecular weight excluding hydrogens is 322 g/mol. The second-order valence-corrected chi connectivity index (χ2v) is 13.1. The van der Waals surface area contributed by atoms with Gasteiger partial charge >= 0.3 is 0 Å². The van der Waals surface area contributed by atoms with Gasteiger partial charge in [-0.1, -0.05) is 58.1 Å². The Morgan fingerprint density at radius 2 is 2.00 bits per heavy atom. The Balaban J connectivity index is 1.99. The highest BCUT2D eigenvalue weighted by Gasteiger charge is 2.29. The summed E-state index contributed by atoms with van der Waals surface area (Å²) in [6.45, 7) is 15.8. The van der Waals surface area contributed by atoms with Crippen molar-refractivity contribution in [2.24, 2.45) is 5.41 Å². The summed E-state index contributed by atoms with van der Waals surface area (Å²) in [6.07, 6.45) is 12.4. The van der Waals surface area contributed by atoms with Crippen LogP contribution in [-0.2, 0) is 17.3 Å². The number of rotatable bonds is 7. The van der Waals surface area contributed by atoms with Gasteiger partial charge in [0.2, 0.25) is 0 Å². The minimum absolute atomic E-state index is 0.0527. The first kappa shape index (κ1) is 20.1. The summed E-state index contributed by atoms with van der Waals surface area (Å²) in [6, 6.07) is 4.34. The van der Waals surface area contributed by atoms with E-state index in [-0.39, 0.29) is 11.5 Å². The molecule has 1 aromatic heterocycles. The van der Waals surface area contributed by atoms with Crippen LogP contribution in [0.3, 0.4) is 0 Å². The van der Waals surface area contributed by atoms with E-state index in [1.165, 1.54) is 17.0 Å². The third-order valence-electron chi connectivity index (χ3n) is 5.48. The van der Waals surface area contributed by atoms with Gasteiger partial charge in [-0.15, -0.1) is 0 Å². The van der Waals surface area contributed by atoms with Gasteiger partial charge in [0, 0.05) is 29.3 Å². The van der Waals surface area contributed by atoms with E-state index in [0.29, 0.717) is 5.54 Å². The van der Waals surface area contributed by atoms with E-state index < -0.39 is 8.32 Å².